The van der Waals surface area contributed by atoms with Crippen LogP contribution in [0, 0.1) is 0 Å². The molecular formula is C21H35NO3. The number of nitrogens with two attached hydrogens (primary N) is 1. The maximum Gasteiger partial charge on any atom is 0.514 e. The lowest BCUT2D eigenvalue weighted by molar-refractivity contribution is 0.00276. The lowest BCUT2D eigenvalue weighted by atomic mass is 9.99. The van der Waals surface area contributed by atoms with E-state index >= 15 is 0 Å². The van der Waals surface area contributed by atoms with Crippen LogP contribution in [0.15, 0.2) is 24.3 Å². The lowest BCUT2D eigenvalue weighted by Gasteiger charge is -2.24. The van der Waals surface area contributed by atoms with Gasteiger partial charge in [-0.05, 0) is 51.0 Å². The molecule has 1 rings (SSSR count). The van der Waals surface area contributed by atoms with Crippen LogP contribution in [-0.2, 0) is 4.74 Å². The molecular weight excluding hydrogens is 314 g/mol. The van der Waals surface area contributed by atoms with Gasteiger partial charge in [-0.1, -0.05) is 58.3 Å². The van der Waals surface area contributed by atoms with E-state index in [1.165, 1.54) is 51.4 Å². The van der Waals surface area contributed by atoms with Crippen molar-refractivity contribution in [3.05, 3.63) is 24.3 Å². The number of rotatable bonds is 12. The van der Waals surface area contributed by atoms with Gasteiger partial charge in [-0.3, -0.25) is 0 Å². The standard InChI is InChI=1S/C21H35NO3/c1-4-5-6-7-8-9-10-11-12-17-21(2,3)25-20(23)24-19-15-13-18(22)14-16-19/h13-16H,4-12,17,22H2,1-3H3. The van der Waals surface area contributed by atoms with E-state index in [1.807, 2.05) is 13.8 Å². The highest BCUT2D eigenvalue weighted by atomic mass is 16.7. The van der Waals surface area contributed by atoms with Crippen LogP contribution in [0.3, 0.4) is 0 Å². The Morgan fingerprint density at radius 1 is 0.920 bits per heavy atom. The van der Waals surface area contributed by atoms with Gasteiger partial charge in [0.25, 0.3) is 0 Å². The van der Waals surface area contributed by atoms with Crippen LogP contribution in [0.4, 0.5) is 10.5 Å². The number of nitrogen functional groups attached to an aromatic ring is 1. The number of hydrogen-bond donors (Lipinski definition) is 1. The average molecular weight is 350 g/mol. The number of carbonyl (C=O) groups excluding carboxylic acids is 1. The maximum atomic E-state index is 11.9. The van der Waals surface area contributed by atoms with Gasteiger partial charge in [0.1, 0.15) is 11.4 Å². The molecule has 0 bridgehead atoms. The predicted octanol–water partition coefficient (Wildman–Crippen LogP) is 6.48. The monoisotopic (exact) mass is 349 g/mol. The summed E-state index contributed by atoms with van der Waals surface area (Å²) in [6.45, 7) is 6.11. The molecule has 0 heterocycles. The van der Waals surface area contributed by atoms with E-state index < -0.39 is 11.8 Å². The van der Waals surface area contributed by atoms with Crippen LogP contribution in [0.1, 0.15) is 85.0 Å². The summed E-state index contributed by atoms with van der Waals surface area (Å²) in [4.78, 5) is 11.9. The van der Waals surface area contributed by atoms with Crippen molar-refractivity contribution in [3.8, 4) is 5.75 Å². The molecule has 142 valence electrons. The fourth-order valence-electron chi connectivity index (χ4n) is 2.79. The van der Waals surface area contributed by atoms with Crippen molar-refractivity contribution < 1.29 is 14.3 Å². The molecule has 4 nitrogen and oxygen atoms in total. The third-order valence-corrected chi connectivity index (χ3v) is 4.32. The zero-order valence-corrected chi connectivity index (χ0v) is 16.2. The number of ether oxygens (including phenoxy) is 2. The quantitative estimate of drug-likeness (QED) is 0.203. The van der Waals surface area contributed by atoms with Gasteiger partial charge in [0.05, 0.1) is 0 Å². The Labute approximate surface area is 153 Å². The molecule has 1 aromatic rings. The number of benzene rings is 1. The van der Waals surface area contributed by atoms with Gasteiger partial charge in [0.15, 0.2) is 0 Å². The highest BCUT2D eigenvalue weighted by Crippen LogP contribution is 2.22. The molecule has 0 aliphatic rings. The van der Waals surface area contributed by atoms with Crippen LogP contribution in [-0.4, -0.2) is 11.8 Å². The second-order valence-electron chi connectivity index (χ2n) is 7.36. The van der Waals surface area contributed by atoms with Crippen molar-refractivity contribution in [3.63, 3.8) is 0 Å². The van der Waals surface area contributed by atoms with Crippen molar-refractivity contribution in [2.45, 2.75) is 90.6 Å². The summed E-state index contributed by atoms with van der Waals surface area (Å²) in [5.74, 6) is 0.443. The number of unbranched alkanes of at least 4 members (excludes halogenated alkanes) is 8. The molecule has 0 unspecified atom stereocenters. The van der Waals surface area contributed by atoms with Crippen molar-refractivity contribution >= 4 is 11.8 Å². The topological polar surface area (TPSA) is 61.5 Å². The van der Waals surface area contributed by atoms with Gasteiger partial charge < -0.3 is 15.2 Å². The number of anilines is 1. The van der Waals surface area contributed by atoms with Crippen LogP contribution in [0.25, 0.3) is 0 Å². The summed E-state index contributed by atoms with van der Waals surface area (Å²) in [5, 5.41) is 0. The third kappa shape index (κ3) is 10.7. The molecule has 0 aromatic heterocycles. The van der Waals surface area contributed by atoms with Crippen molar-refractivity contribution in [2.75, 3.05) is 5.73 Å². The fourth-order valence-corrected chi connectivity index (χ4v) is 2.79. The van der Waals surface area contributed by atoms with Crippen molar-refractivity contribution in [1.82, 2.24) is 0 Å². The fraction of sp³-hybridized carbons (Fsp3) is 0.667. The zero-order chi connectivity index (χ0) is 18.5. The minimum absolute atomic E-state index is 0.443. The average Bonchev–Trinajstić information content (AvgIpc) is 2.55. The largest absolute Gasteiger partial charge is 0.514 e. The van der Waals surface area contributed by atoms with Crippen molar-refractivity contribution in [2.24, 2.45) is 0 Å². The van der Waals surface area contributed by atoms with E-state index in [-0.39, 0.29) is 0 Å². The van der Waals surface area contributed by atoms with E-state index in [9.17, 15) is 4.79 Å². The Morgan fingerprint density at radius 3 is 2.00 bits per heavy atom. The van der Waals surface area contributed by atoms with E-state index in [0.29, 0.717) is 11.4 Å². The highest BCUT2D eigenvalue weighted by molar-refractivity contribution is 5.64. The molecule has 0 aliphatic carbocycles. The minimum Gasteiger partial charge on any atom is -0.428 e. The Kier molecular flexibility index (Phi) is 10.0. The summed E-state index contributed by atoms with van der Waals surface area (Å²) < 4.78 is 10.6. The van der Waals surface area contributed by atoms with Gasteiger partial charge in [-0.15, -0.1) is 0 Å². The molecule has 0 amide bonds. The zero-order valence-electron chi connectivity index (χ0n) is 16.2. The van der Waals surface area contributed by atoms with Gasteiger partial charge >= 0.3 is 6.16 Å². The smallest absolute Gasteiger partial charge is 0.428 e. The van der Waals surface area contributed by atoms with Gasteiger partial charge in [0, 0.05) is 5.69 Å². The normalized spacial score (nSPS) is 11.3. The summed E-state index contributed by atoms with van der Waals surface area (Å²) in [7, 11) is 0. The van der Waals surface area contributed by atoms with Crippen LogP contribution >= 0.6 is 0 Å². The molecule has 0 saturated carbocycles. The first-order valence-corrected chi connectivity index (χ1v) is 9.69. The van der Waals surface area contributed by atoms with Crippen LogP contribution < -0.4 is 10.5 Å². The first kappa shape index (κ1) is 21.3. The molecule has 0 saturated heterocycles. The van der Waals surface area contributed by atoms with E-state index in [1.54, 1.807) is 24.3 Å². The summed E-state index contributed by atoms with van der Waals surface area (Å²) in [6.07, 6.45) is 11.7. The van der Waals surface area contributed by atoms with E-state index in [4.69, 9.17) is 15.2 Å². The molecule has 2 N–H and O–H groups in total. The first-order valence-electron chi connectivity index (χ1n) is 9.69. The lowest BCUT2D eigenvalue weighted by Crippen LogP contribution is -2.29. The molecule has 4 heteroatoms. The van der Waals surface area contributed by atoms with Gasteiger partial charge in [-0.2, -0.15) is 0 Å². The Balaban J connectivity index is 2.13. The van der Waals surface area contributed by atoms with Gasteiger partial charge in [-0.25, -0.2) is 4.79 Å². The predicted molar refractivity (Wildman–Crippen MR) is 104 cm³/mol. The van der Waals surface area contributed by atoms with Crippen LogP contribution in [0.5, 0.6) is 5.75 Å². The highest BCUT2D eigenvalue weighted by Gasteiger charge is 2.23. The minimum atomic E-state index is -0.661. The van der Waals surface area contributed by atoms with E-state index in [0.717, 1.165) is 12.8 Å². The molecule has 0 fully saturated rings. The molecule has 1 aromatic carbocycles. The molecule has 0 spiro atoms. The third-order valence-electron chi connectivity index (χ3n) is 4.32. The SMILES string of the molecule is CCCCCCCCCCCC(C)(C)OC(=O)Oc1ccc(N)cc1. The maximum absolute atomic E-state index is 11.9. The van der Waals surface area contributed by atoms with E-state index in [2.05, 4.69) is 6.92 Å². The molecule has 0 radical (unpaired) electrons. The number of hydrogen-bond acceptors (Lipinski definition) is 4. The second-order valence-corrected chi connectivity index (χ2v) is 7.36. The molecule has 0 atom stereocenters. The number of carbonyl (C=O) groups is 1. The Morgan fingerprint density at radius 2 is 1.44 bits per heavy atom. The second kappa shape index (κ2) is 11.8. The van der Waals surface area contributed by atoms with Crippen molar-refractivity contribution in [1.29, 1.82) is 0 Å². The van der Waals surface area contributed by atoms with Gasteiger partial charge in [0.2, 0.25) is 0 Å². The summed E-state index contributed by atoms with van der Waals surface area (Å²) >= 11 is 0. The Bertz CT molecular complexity index is 482. The molecule has 0 aliphatic heterocycles. The summed E-state index contributed by atoms with van der Waals surface area (Å²) in [6, 6.07) is 6.69. The summed E-state index contributed by atoms with van der Waals surface area (Å²) in [5.41, 5.74) is 5.73. The molecule has 25 heavy (non-hydrogen) atoms. The Hall–Kier alpha value is -1.71. The van der Waals surface area contributed by atoms with Crippen LogP contribution in [0.2, 0.25) is 0 Å². The first-order chi connectivity index (χ1) is 11.9.